The fourth-order valence-electron chi connectivity index (χ4n) is 3.32. The molecule has 0 radical (unpaired) electrons. The Kier molecular flexibility index (Phi) is 4.92. The minimum Gasteiger partial charge on any atom is -0.506 e. The van der Waals surface area contributed by atoms with Gasteiger partial charge in [0.15, 0.2) is 5.69 Å². The molecule has 7 nitrogen and oxygen atoms in total. The third-order valence-electron chi connectivity index (χ3n) is 4.81. The summed E-state index contributed by atoms with van der Waals surface area (Å²) >= 11 is 6.03. The van der Waals surface area contributed by atoms with Gasteiger partial charge in [0.2, 0.25) is 0 Å². The van der Waals surface area contributed by atoms with Gasteiger partial charge in [-0.2, -0.15) is 9.90 Å². The van der Waals surface area contributed by atoms with Gasteiger partial charge in [0.1, 0.15) is 5.75 Å². The molecule has 2 heterocycles. The van der Waals surface area contributed by atoms with Crippen LogP contribution in [0, 0.1) is 6.92 Å². The van der Waals surface area contributed by atoms with E-state index in [1.807, 2.05) is 24.3 Å². The number of aromatic hydroxyl groups is 1. The molecule has 28 heavy (non-hydrogen) atoms. The molecule has 8 heteroatoms. The van der Waals surface area contributed by atoms with Crippen molar-refractivity contribution >= 4 is 23.2 Å². The molecule has 1 saturated heterocycles. The summed E-state index contributed by atoms with van der Waals surface area (Å²) in [6, 6.07) is 14.4. The van der Waals surface area contributed by atoms with Gasteiger partial charge < -0.3 is 14.9 Å². The molecule has 1 amide bonds. The van der Waals surface area contributed by atoms with Crippen LogP contribution in [0.2, 0.25) is 5.02 Å². The van der Waals surface area contributed by atoms with E-state index in [-0.39, 0.29) is 11.7 Å². The van der Waals surface area contributed by atoms with E-state index in [1.165, 1.54) is 4.80 Å². The van der Waals surface area contributed by atoms with Crippen molar-refractivity contribution in [2.45, 2.75) is 6.92 Å². The molecular weight excluding hydrogens is 378 g/mol. The van der Waals surface area contributed by atoms with Gasteiger partial charge in [-0.25, -0.2) is 0 Å². The highest BCUT2D eigenvalue weighted by atomic mass is 35.5. The molecule has 0 atom stereocenters. The third-order valence-corrected chi connectivity index (χ3v) is 5.05. The highest BCUT2D eigenvalue weighted by Crippen LogP contribution is 2.27. The molecular formula is C20H20ClN5O2. The molecule has 0 spiro atoms. The highest BCUT2D eigenvalue weighted by molar-refractivity contribution is 6.30. The number of carbonyl (C=O) groups excluding carboxylic acids is 1. The minimum atomic E-state index is -0.136. The Morgan fingerprint density at radius 2 is 1.79 bits per heavy atom. The minimum absolute atomic E-state index is 0.136. The van der Waals surface area contributed by atoms with E-state index in [0.717, 1.165) is 5.69 Å². The fraction of sp³-hybridized carbons (Fsp3) is 0.250. The first-order valence-corrected chi connectivity index (χ1v) is 9.43. The van der Waals surface area contributed by atoms with Crippen LogP contribution in [-0.2, 0) is 0 Å². The summed E-state index contributed by atoms with van der Waals surface area (Å²) in [5, 5.41) is 19.4. The highest BCUT2D eigenvalue weighted by Gasteiger charge is 2.27. The lowest BCUT2D eigenvalue weighted by atomic mass is 10.2. The SMILES string of the molecule is Cc1nn(-c2cccc(Cl)c2)nc1C(=O)N1CCN(c2ccccc2O)CC1. The number of para-hydroxylation sites is 2. The largest absolute Gasteiger partial charge is 0.506 e. The molecule has 1 aliphatic heterocycles. The summed E-state index contributed by atoms with van der Waals surface area (Å²) in [7, 11) is 0. The Bertz CT molecular complexity index is 1010. The quantitative estimate of drug-likeness (QED) is 0.735. The average Bonchev–Trinajstić information content (AvgIpc) is 3.10. The Morgan fingerprint density at radius 3 is 2.50 bits per heavy atom. The van der Waals surface area contributed by atoms with Gasteiger partial charge >= 0.3 is 0 Å². The number of anilines is 1. The lowest BCUT2D eigenvalue weighted by Crippen LogP contribution is -2.49. The van der Waals surface area contributed by atoms with Crippen molar-refractivity contribution in [3.05, 3.63) is 64.9 Å². The Morgan fingerprint density at radius 1 is 1.04 bits per heavy atom. The molecule has 0 saturated carbocycles. The van der Waals surface area contributed by atoms with Gasteiger partial charge in [-0.05, 0) is 37.3 Å². The summed E-state index contributed by atoms with van der Waals surface area (Å²) in [5.41, 5.74) is 2.42. The first-order chi connectivity index (χ1) is 13.5. The lowest BCUT2D eigenvalue weighted by molar-refractivity contribution is 0.0739. The summed E-state index contributed by atoms with van der Waals surface area (Å²) < 4.78 is 0. The normalized spacial score (nSPS) is 14.4. The van der Waals surface area contributed by atoms with E-state index in [9.17, 15) is 9.90 Å². The van der Waals surface area contributed by atoms with Gasteiger partial charge in [0.05, 0.1) is 17.1 Å². The number of halogens is 1. The van der Waals surface area contributed by atoms with Gasteiger partial charge in [0, 0.05) is 31.2 Å². The van der Waals surface area contributed by atoms with Gasteiger partial charge in [-0.1, -0.05) is 29.8 Å². The number of amides is 1. The van der Waals surface area contributed by atoms with Crippen LogP contribution >= 0.6 is 11.6 Å². The molecule has 2 aromatic carbocycles. The third kappa shape index (κ3) is 3.53. The maximum Gasteiger partial charge on any atom is 0.276 e. The Hall–Kier alpha value is -3.06. The number of phenols is 1. The standard InChI is InChI=1S/C20H20ClN5O2/c1-14-19(23-26(22-14)16-6-4-5-15(21)13-16)20(28)25-11-9-24(10-12-25)17-7-2-3-8-18(17)27/h2-8,13,27H,9-12H2,1H3. The number of benzene rings is 2. The summed E-state index contributed by atoms with van der Waals surface area (Å²) in [6.07, 6.45) is 0. The van der Waals surface area contributed by atoms with Crippen LogP contribution in [0.5, 0.6) is 5.75 Å². The van der Waals surface area contributed by atoms with Crippen LogP contribution < -0.4 is 4.90 Å². The van der Waals surface area contributed by atoms with E-state index in [4.69, 9.17) is 11.6 Å². The van der Waals surface area contributed by atoms with Crippen molar-refractivity contribution in [1.82, 2.24) is 19.9 Å². The van der Waals surface area contributed by atoms with Gasteiger partial charge in [0.25, 0.3) is 5.91 Å². The molecule has 1 N–H and O–H groups in total. The molecule has 1 aromatic heterocycles. The fourth-order valence-corrected chi connectivity index (χ4v) is 3.51. The number of aromatic nitrogens is 3. The average molecular weight is 398 g/mol. The summed E-state index contributed by atoms with van der Waals surface area (Å²) in [5.74, 6) is 0.116. The number of hydrogen-bond donors (Lipinski definition) is 1. The van der Waals surface area contributed by atoms with E-state index < -0.39 is 0 Å². The van der Waals surface area contributed by atoms with Gasteiger partial charge in [-0.15, -0.1) is 5.10 Å². The Labute approximate surface area is 167 Å². The molecule has 3 aromatic rings. The maximum atomic E-state index is 13.0. The van der Waals surface area contributed by atoms with E-state index in [1.54, 1.807) is 36.1 Å². The second-order valence-corrected chi connectivity index (χ2v) is 7.11. The zero-order valence-electron chi connectivity index (χ0n) is 15.4. The second kappa shape index (κ2) is 7.52. The molecule has 0 aliphatic carbocycles. The van der Waals surface area contributed by atoms with Crippen molar-refractivity contribution in [2.24, 2.45) is 0 Å². The molecule has 1 fully saturated rings. The van der Waals surface area contributed by atoms with Crippen molar-refractivity contribution in [2.75, 3.05) is 31.1 Å². The van der Waals surface area contributed by atoms with Crippen LogP contribution in [0.15, 0.2) is 48.5 Å². The number of hydrogen-bond acceptors (Lipinski definition) is 5. The molecule has 0 unspecified atom stereocenters. The number of phenolic OH excluding ortho intramolecular Hbond substituents is 1. The number of aryl methyl sites for hydroxylation is 1. The molecule has 1 aliphatic rings. The van der Waals surface area contributed by atoms with Crippen molar-refractivity contribution in [3.63, 3.8) is 0 Å². The zero-order valence-corrected chi connectivity index (χ0v) is 16.2. The summed E-state index contributed by atoms with van der Waals surface area (Å²) in [6.45, 7) is 4.17. The van der Waals surface area contributed by atoms with Crippen molar-refractivity contribution in [1.29, 1.82) is 0 Å². The first kappa shape index (κ1) is 18.3. The number of carbonyl (C=O) groups is 1. The first-order valence-electron chi connectivity index (χ1n) is 9.05. The predicted molar refractivity (Wildman–Crippen MR) is 107 cm³/mol. The second-order valence-electron chi connectivity index (χ2n) is 6.67. The smallest absolute Gasteiger partial charge is 0.276 e. The van der Waals surface area contributed by atoms with Gasteiger partial charge in [-0.3, -0.25) is 4.79 Å². The van der Waals surface area contributed by atoms with Crippen LogP contribution in [-0.4, -0.2) is 57.1 Å². The number of nitrogens with zero attached hydrogens (tertiary/aromatic N) is 5. The van der Waals surface area contributed by atoms with E-state index in [2.05, 4.69) is 15.1 Å². The van der Waals surface area contributed by atoms with E-state index in [0.29, 0.717) is 48.3 Å². The maximum absolute atomic E-state index is 13.0. The van der Waals surface area contributed by atoms with Crippen LogP contribution in [0.4, 0.5) is 5.69 Å². The number of rotatable bonds is 3. The number of piperazine rings is 1. The zero-order chi connectivity index (χ0) is 19.7. The lowest BCUT2D eigenvalue weighted by Gasteiger charge is -2.36. The monoisotopic (exact) mass is 397 g/mol. The van der Waals surface area contributed by atoms with Crippen molar-refractivity contribution in [3.8, 4) is 11.4 Å². The predicted octanol–water partition coefficient (Wildman–Crippen LogP) is 2.90. The molecule has 144 valence electrons. The molecule has 0 bridgehead atoms. The summed E-state index contributed by atoms with van der Waals surface area (Å²) in [4.78, 5) is 18.2. The Balaban J connectivity index is 1.48. The van der Waals surface area contributed by atoms with Crippen LogP contribution in [0.1, 0.15) is 16.2 Å². The van der Waals surface area contributed by atoms with Crippen LogP contribution in [0.3, 0.4) is 0 Å². The molecule has 4 rings (SSSR count). The van der Waals surface area contributed by atoms with E-state index >= 15 is 0 Å². The topological polar surface area (TPSA) is 74.5 Å². The van der Waals surface area contributed by atoms with Crippen molar-refractivity contribution < 1.29 is 9.90 Å². The van der Waals surface area contributed by atoms with Crippen LogP contribution in [0.25, 0.3) is 5.69 Å².